The maximum Gasteiger partial charge on any atom is 0.246 e. The molecule has 9 heteroatoms. The van der Waals surface area contributed by atoms with Crippen LogP contribution in [-0.2, 0) is 10.0 Å². The van der Waals surface area contributed by atoms with Gasteiger partial charge in [0.1, 0.15) is 16.2 Å². The van der Waals surface area contributed by atoms with Crippen LogP contribution in [0.5, 0.6) is 0 Å². The van der Waals surface area contributed by atoms with Crippen molar-refractivity contribution in [1.29, 1.82) is 0 Å². The summed E-state index contributed by atoms with van der Waals surface area (Å²) in [5, 5.41) is 10.6. The highest BCUT2D eigenvalue weighted by molar-refractivity contribution is 7.89. The van der Waals surface area contributed by atoms with Gasteiger partial charge in [-0.05, 0) is 40.1 Å². The average Bonchev–Trinajstić information content (AvgIpc) is 3.10. The zero-order valence-electron chi connectivity index (χ0n) is 13.1. The molecule has 0 saturated carbocycles. The van der Waals surface area contributed by atoms with E-state index in [0.717, 1.165) is 0 Å². The minimum Gasteiger partial charge on any atom is -0.313 e. The summed E-state index contributed by atoms with van der Waals surface area (Å²) < 4.78 is 46.2. The Morgan fingerprint density at radius 1 is 1.20 bits per heavy atom. The lowest BCUT2D eigenvalue weighted by Gasteiger charge is -2.35. The number of hydrogen-bond donors (Lipinski definition) is 1. The molecular weight excluding hydrogens is 347 g/mol. The quantitative estimate of drug-likeness (QED) is 0.763. The second-order valence-corrected chi connectivity index (χ2v) is 7.64. The number of aromatic nitrogens is 2. The first-order valence-corrected chi connectivity index (χ1v) is 9.21. The van der Waals surface area contributed by atoms with Crippen LogP contribution in [0.15, 0.2) is 52.0 Å². The predicted octanol–water partition coefficient (Wildman–Crippen LogP) is 1.70. The fourth-order valence-electron chi connectivity index (χ4n) is 3.09. The van der Waals surface area contributed by atoms with Gasteiger partial charge >= 0.3 is 0 Å². The molecular formula is C16H15FN4O3S. The number of rotatable bonds is 3. The van der Waals surface area contributed by atoms with Crippen molar-refractivity contribution in [3.05, 3.63) is 53.8 Å². The first-order valence-electron chi connectivity index (χ1n) is 7.77. The molecule has 0 spiro atoms. The lowest BCUT2D eigenvalue weighted by molar-refractivity contribution is 0.271. The van der Waals surface area contributed by atoms with Gasteiger partial charge in [0.2, 0.25) is 10.0 Å². The number of halogens is 1. The van der Waals surface area contributed by atoms with Crippen LogP contribution in [0, 0.1) is 5.82 Å². The second-order valence-electron chi connectivity index (χ2n) is 5.78. The predicted molar refractivity (Wildman–Crippen MR) is 87.7 cm³/mol. The topological polar surface area (TPSA) is 88.3 Å². The third-order valence-electron chi connectivity index (χ3n) is 4.26. The van der Waals surface area contributed by atoms with Crippen LogP contribution in [0.1, 0.15) is 11.6 Å². The standard InChI is InChI=1S/C16H15FN4O3S/c17-12-4-1-3-11(9-12)14-10-18-7-8-21(14)25(22,23)15-6-2-5-13-16(15)20-24-19-13/h1-6,9,14,18H,7-8,10H2. The first kappa shape index (κ1) is 16.1. The van der Waals surface area contributed by atoms with E-state index < -0.39 is 21.9 Å². The van der Waals surface area contributed by atoms with Gasteiger partial charge < -0.3 is 5.32 Å². The van der Waals surface area contributed by atoms with Crippen LogP contribution in [0.3, 0.4) is 0 Å². The van der Waals surface area contributed by atoms with Crippen molar-refractivity contribution in [2.45, 2.75) is 10.9 Å². The van der Waals surface area contributed by atoms with Gasteiger partial charge in [0.25, 0.3) is 0 Å². The first-order chi connectivity index (χ1) is 12.1. The molecule has 0 radical (unpaired) electrons. The highest BCUT2D eigenvalue weighted by atomic mass is 32.2. The van der Waals surface area contributed by atoms with Gasteiger partial charge in [-0.15, -0.1) is 0 Å². The minimum absolute atomic E-state index is 0.0366. The Morgan fingerprint density at radius 2 is 2.04 bits per heavy atom. The summed E-state index contributed by atoms with van der Waals surface area (Å²) in [7, 11) is -3.86. The highest BCUT2D eigenvalue weighted by Crippen LogP contribution is 2.31. The largest absolute Gasteiger partial charge is 0.313 e. The molecule has 1 atom stereocenters. The molecule has 2 aromatic carbocycles. The molecule has 7 nitrogen and oxygen atoms in total. The van der Waals surface area contributed by atoms with E-state index in [-0.39, 0.29) is 17.0 Å². The molecule has 4 rings (SSSR count). The van der Waals surface area contributed by atoms with E-state index in [1.807, 2.05) is 0 Å². The third kappa shape index (κ3) is 2.80. The van der Waals surface area contributed by atoms with Crippen LogP contribution in [0.25, 0.3) is 11.0 Å². The lowest BCUT2D eigenvalue weighted by Crippen LogP contribution is -2.48. The van der Waals surface area contributed by atoms with E-state index in [1.165, 1.54) is 22.5 Å². The number of nitrogens with zero attached hydrogens (tertiary/aromatic N) is 3. The maximum absolute atomic E-state index is 13.6. The van der Waals surface area contributed by atoms with Gasteiger partial charge in [-0.2, -0.15) is 4.31 Å². The van der Waals surface area contributed by atoms with Crippen molar-refractivity contribution in [3.63, 3.8) is 0 Å². The molecule has 25 heavy (non-hydrogen) atoms. The van der Waals surface area contributed by atoms with Crippen LogP contribution in [-0.4, -0.2) is 42.7 Å². The van der Waals surface area contributed by atoms with Gasteiger partial charge in [-0.1, -0.05) is 18.2 Å². The smallest absolute Gasteiger partial charge is 0.246 e. The summed E-state index contributed by atoms with van der Waals surface area (Å²) in [6, 6.07) is 10.2. The van der Waals surface area contributed by atoms with Gasteiger partial charge in [0, 0.05) is 19.6 Å². The van der Waals surface area contributed by atoms with Crippen molar-refractivity contribution < 1.29 is 17.4 Å². The van der Waals surface area contributed by atoms with Crippen molar-refractivity contribution in [2.75, 3.05) is 19.6 Å². The van der Waals surface area contributed by atoms with E-state index in [1.54, 1.807) is 24.3 Å². The molecule has 130 valence electrons. The number of sulfonamides is 1. The molecule has 1 aromatic heterocycles. The number of nitrogens with one attached hydrogen (secondary N) is 1. The molecule has 0 amide bonds. The number of fused-ring (bicyclic) bond motifs is 1. The van der Waals surface area contributed by atoms with E-state index in [4.69, 9.17) is 0 Å². The molecule has 3 aromatic rings. The van der Waals surface area contributed by atoms with E-state index >= 15 is 0 Å². The molecule has 1 saturated heterocycles. The molecule has 1 fully saturated rings. The van der Waals surface area contributed by atoms with E-state index in [2.05, 4.69) is 20.3 Å². The Morgan fingerprint density at radius 3 is 2.88 bits per heavy atom. The van der Waals surface area contributed by atoms with Crippen LogP contribution in [0.2, 0.25) is 0 Å². The van der Waals surface area contributed by atoms with Gasteiger partial charge in [0.05, 0.1) is 6.04 Å². The van der Waals surface area contributed by atoms with Crippen molar-refractivity contribution in [2.24, 2.45) is 0 Å². The number of piperazine rings is 1. The van der Waals surface area contributed by atoms with Gasteiger partial charge in [0.15, 0.2) is 5.52 Å². The normalized spacial score (nSPS) is 19.3. The SMILES string of the molecule is O=S(=O)(c1cccc2nonc12)N1CCNCC1c1cccc(F)c1. The summed E-state index contributed by atoms with van der Waals surface area (Å²) in [6.45, 7) is 1.18. The van der Waals surface area contributed by atoms with Crippen molar-refractivity contribution >= 4 is 21.1 Å². The summed E-state index contributed by atoms with van der Waals surface area (Å²) >= 11 is 0. The fraction of sp³-hybridized carbons (Fsp3) is 0.250. The van der Waals surface area contributed by atoms with Crippen LogP contribution >= 0.6 is 0 Å². The number of benzene rings is 2. The van der Waals surface area contributed by atoms with E-state index in [9.17, 15) is 12.8 Å². The van der Waals surface area contributed by atoms with Gasteiger partial charge in [-0.25, -0.2) is 17.4 Å². The third-order valence-corrected chi connectivity index (χ3v) is 6.20. The number of hydrogen-bond acceptors (Lipinski definition) is 6. The Labute approximate surface area is 143 Å². The summed E-state index contributed by atoms with van der Waals surface area (Å²) in [5.74, 6) is -0.400. The molecule has 1 N–H and O–H groups in total. The molecule has 1 aliphatic rings. The Kier molecular flexibility index (Phi) is 3.98. The zero-order valence-corrected chi connectivity index (χ0v) is 13.9. The Hall–Kier alpha value is -2.36. The Balaban J connectivity index is 1.81. The summed E-state index contributed by atoms with van der Waals surface area (Å²) in [4.78, 5) is 0.0366. The van der Waals surface area contributed by atoms with Crippen LogP contribution in [0.4, 0.5) is 4.39 Å². The second kappa shape index (κ2) is 6.17. The lowest BCUT2D eigenvalue weighted by atomic mass is 10.1. The van der Waals surface area contributed by atoms with Crippen molar-refractivity contribution in [3.8, 4) is 0 Å². The van der Waals surface area contributed by atoms with Gasteiger partial charge in [-0.3, -0.25) is 0 Å². The highest BCUT2D eigenvalue weighted by Gasteiger charge is 2.36. The minimum atomic E-state index is -3.86. The molecule has 0 bridgehead atoms. The average molecular weight is 362 g/mol. The van der Waals surface area contributed by atoms with Crippen molar-refractivity contribution in [1.82, 2.24) is 19.9 Å². The maximum atomic E-state index is 13.6. The molecule has 1 aliphatic heterocycles. The molecule has 2 heterocycles. The Bertz CT molecular complexity index is 1020. The van der Waals surface area contributed by atoms with Crippen LogP contribution < -0.4 is 5.32 Å². The fourth-order valence-corrected chi connectivity index (χ4v) is 4.84. The van der Waals surface area contributed by atoms with E-state index in [0.29, 0.717) is 24.2 Å². The monoisotopic (exact) mass is 362 g/mol. The zero-order chi connectivity index (χ0) is 17.4. The summed E-state index contributed by atoms with van der Waals surface area (Å²) in [6.07, 6.45) is 0. The molecule has 1 unspecified atom stereocenters. The molecule has 0 aliphatic carbocycles. The summed E-state index contributed by atoms with van der Waals surface area (Å²) in [5.41, 5.74) is 1.17.